The minimum Gasteiger partial charge on any atom is -0.465 e. The highest BCUT2D eigenvalue weighted by molar-refractivity contribution is 6.00. The van der Waals surface area contributed by atoms with E-state index in [1.54, 1.807) is 13.8 Å². The molecule has 0 N–H and O–H groups in total. The predicted molar refractivity (Wildman–Crippen MR) is 100 cm³/mol. The largest absolute Gasteiger partial charge is 0.465 e. The molecular formula is C21H38O4. The fourth-order valence-electron chi connectivity index (χ4n) is 3.89. The Morgan fingerprint density at radius 1 is 0.960 bits per heavy atom. The molecule has 1 aliphatic rings. The molecule has 0 bridgehead atoms. The third-order valence-electron chi connectivity index (χ3n) is 5.42. The van der Waals surface area contributed by atoms with Gasteiger partial charge in [-0.05, 0) is 44.9 Å². The minimum atomic E-state index is -1.11. The van der Waals surface area contributed by atoms with Crippen LogP contribution in [-0.4, -0.2) is 25.2 Å². The van der Waals surface area contributed by atoms with E-state index >= 15 is 0 Å². The molecule has 146 valence electrons. The smallest absolute Gasteiger partial charge is 0.323 e. The maximum atomic E-state index is 12.8. The summed E-state index contributed by atoms with van der Waals surface area (Å²) in [5.41, 5.74) is -1.11. The molecule has 0 aliphatic heterocycles. The van der Waals surface area contributed by atoms with Crippen molar-refractivity contribution in [2.75, 3.05) is 13.2 Å². The normalized spacial score (nSPS) is 16.0. The van der Waals surface area contributed by atoms with Gasteiger partial charge in [-0.2, -0.15) is 0 Å². The zero-order chi connectivity index (χ0) is 18.7. The quantitative estimate of drug-likeness (QED) is 0.374. The summed E-state index contributed by atoms with van der Waals surface area (Å²) in [4.78, 5) is 25.6. The molecule has 1 saturated carbocycles. The molecule has 0 aromatic rings. The van der Waals surface area contributed by atoms with Gasteiger partial charge in [0.1, 0.15) is 0 Å². The molecule has 0 unspecified atom stereocenters. The van der Waals surface area contributed by atoms with Crippen LogP contribution in [0.4, 0.5) is 0 Å². The zero-order valence-electron chi connectivity index (χ0n) is 16.8. The molecular weight excluding hydrogens is 316 g/mol. The van der Waals surface area contributed by atoms with Gasteiger partial charge in [0.05, 0.1) is 13.2 Å². The Morgan fingerprint density at radius 2 is 1.52 bits per heavy atom. The first-order valence-electron chi connectivity index (χ1n) is 10.3. The van der Waals surface area contributed by atoms with Gasteiger partial charge < -0.3 is 9.47 Å². The second-order valence-corrected chi connectivity index (χ2v) is 7.85. The fourth-order valence-corrected chi connectivity index (χ4v) is 3.89. The molecule has 0 radical (unpaired) electrons. The van der Waals surface area contributed by atoms with E-state index in [-0.39, 0.29) is 11.9 Å². The lowest BCUT2D eigenvalue weighted by atomic mass is 9.74. The first-order chi connectivity index (χ1) is 12.0. The third-order valence-corrected chi connectivity index (χ3v) is 5.42. The van der Waals surface area contributed by atoms with E-state index in [4.69, 9.17) is 9.47 Å². The Bertz CT molecular complexity index is 379. The van der Waals surface area contributed by atoms with Crippen LogP contribution in [0.25, 0.3) is 0 Å². The van der Waals surface area contributed by atoms with Crippen LogP contribution in [-0.2, 0) is 19.1 Å². The minimum absolute atomic E-state index is 0.299. The predicted octanol–water partition coefficient (Wildman–Crippen LogP) is 5.29. The van der Waals surface area contributed by atoms with Crippen molar-refractivity contribution in [1.82, 2.24) is 0 Å². The second-order valence-electron chi connectivity index (χ2n) is 7.85. The standard InChI is InChI=1S/C21H38O4/c1-5-24-19(22)21(20(23)25-6-2,15-10-11-17(3)4)16-14-18-12-8-7-9-13-18/h17-18H,5-16H2,1-4H3. The summed E-state index contributed by atoms with van der Waals surface area (Å²) >= 11 is 0. The highest BCUT2D eigenvalue weighted by Crippen LogP contribution is 2.38. The highest BCUT2D eigenvalue weighted by atomic mass is 16.6. The molecule has 1 rings (SSSR count). The summed E-state index contributed by atoms with van der Waals surface area (Å²) < 4.78 is 10.7. The van der Waals surface area contributed by atoms with E-state index < -0.39 is 5.41 Å². The third kappa shape index (κ3) is 6.99. The molecule has 1 aliphatic carbocycles. The number of carbonyl (C=O) groups is 2. The Labute approximate surface area is 154 Å². The van der Waals surface area contributed by atoms with Gasteiger partial charge in [-0.25, -0.2) is 0 Å². The number of esters is 2. The van der Waals surface area contributed by atoms with Crippen molar-refractivity contribution in [2.24, 2.45) is 17.3 Å². The molecule has 1 fully saturated rings. The lowest BCUT2D eigenvalue weighted by Crippen LogP contribution is -2.42. The van der Waals surface area contributed by atoms with Crippen molar-refractivity contribution in [3.8, 4) is 0 Å². The molecule has 0 spiro atoms. The maximum Gasteiger partial charge on any atom is 0.323 e. The average Bonchev–Trinajstić information content (AvgIpc) is 2.59. The van der Waals surface area contributed by atoms with E-state index in [0.29, 0.717) is 37.9 Å². The van der Waals surface area contributed by atoms with Crippen LogP contribution in [0.5, 0.6) is 0 Å². The van der Waals surface area contributed by atoms with Crippen LogP contribution >= 0.6 is 0 Å². The molecule has 25 heavy (non-hydrogen) atoms. The zero-order valence-corrected chi connectivity index (χ0v) is 16.8. The van der Waals surface area contributed by atoms with Gasteiger partial charge in [0.15, 0.2) is 5.41 Å². The number of carbonyl (C=O) groups excluding carboxylic acids is 2. The number of rotatable bonds is 11. The molecule has 4 nitrogen and oxygen atoms in total. The van der Waals surface area contributed by atoms with Crippen molar-refractivity contribution < 1.29 is 19.1 Å². The summed E-state index contributed by atoms with van der Waals surface area (Å²) in [6, 6.07) is 0. The number of hydrogen-bond acceptors (Lipinski definition) is 4. The first kappa shape index (κ1) is 22.0. The van der Waals surface area contributed by atoms with E-state index in [0.717, 1.165) is 19.3 Å². The second kappa shape index (κ2) is 11.5. The van der Waals surface area contributed by atoms with Crippen molar-refractivity contribution >= 4 is 11.9 Å². The van der Waals surface area contributed by atoms with Crippen LogP contribution in [0.2, 0.25) is 0 Å². The molecule has 0 atom stereocenters. The van der Waals surface area contributed by atoms with Gasteiger partial charge in [0, 0.05) is 0 Å². The van der Waals surface area contributed by atoms with E-state index in [9.17, 15) is 9.59 Å². The van der Waals surface area contributed by atoms with Crippen LogP contribution in [0, 0.1) is 17.3 Å². The Balaban J connectivity index is 2.90. The van der Waals surface area contributed by atoms with Crippen LogP contribution < -0.4 is 0 Å². The van der Waals surface area contributed by atoms with Gasteiger partial charge in [0.25, 0.3) is 0 Å². The monoisotopic (exact) mass is 354 g/mol. The molecule has 0 amide bonds. The Morgan fingerprint density at radius 3 is 2.00 bits per heavy atom. The molecule has 4 heteroatoms. The van der Waals surface area contributed by atoms with Gasteiger partial charge in [-0.15, -0.1) is 0 Å². The van der Waals surface area contributed by atoms with Crippen molar-refractivity contribution in [1.29, 1.82) is 0 Å². The van der Waals surface area contributed by atoms with Crippen molar-refractivity contribution in [3.63, 3.8) is 0 Å². The SMILES string of the molecule is CCOC(=O)C(CCCC(C)C)(CCC1CCCCC1)C(=O)OCC. The lowest BCUT2D eigenvalue weighted by molar-refractivity contribution is -0.174. The van der Waals surface area contributed by atoms with Gasteiger partial charge in [-0.3, -0.25) is 9.59 Å². The lowest BCUT2D eigenvalue weighted by Gasteiger charge is -2.31. The molecule has 0 aromatic carbocycles. The van der Waals surface area contributed by atoms with Gasteiger partial charge >= 0.3 is 11.9 Å². The summed E-state index contributed by atoms with van der Waals surface area (Å²) in [6.07, 6.45) is 10.1. The number of ether oxygens (including phenoxy) is 2. The van der Waals surface area contributed by atoms with Crippen LogP contribution in [0.3, 0.4) is 0 Å². The summed E-state index contributed by atoms with van der Waals surface area (Å²) in [6.45, 7) is 8.52. The molecule has 0 heterocycles. The Kier molecular flexibility index (Phi) is 10.1. The van der Waals surface area contributed by atoms with Crippen LogP contribution in [0.1, 0.15) is 91.9 Å². The average molecular weight is 355 g/mol. The first-order valence-corrected chi connectivity index (χ1v) is 10.3. The van der Waals surface area contributed by atoms with E-state index in [1.807, 2.05) is 0 Å². The molecule has 0 saturated heterocycles. The fraction of sp³-hybridized carbons (Fsp3) is 0.905. The van der Waals surface area contributed by atoms with Crippen LogP contribution in [0.15, 0.2) is 0 Å². The molecule has 0 aromatic heterocycles. The summed E-state index contributed by atoms with van der Waals surface area (Å²) in [7, 11) is 0. The Hall–Kier alpha value is -1.06. The van der Waals surface area contributed by atoms with Crippen molar-refractivity contribution in [2.45, 2.75) is 91.9 Å². The van der Waals surface area contributed by atoms with Gasteiger partial charge in [-0.1, -0.05) is 58.8 Å². The van der Waals surface area contributed by atoms with Crippen molar-refractivity contribution in [3.05, 3.63) is 0 Å². The topological polar surface area (TPSA) is 52.6 Å². The van der Waals surface area contributed by atoms with E-state index in [2.05, 4.69) is 13.8 Å². The highest BCUT2D eigenvalue weighted by Gasteiger charge is 2.48. The van der Waals surface area contributed by atoms with E-state index in [1.165, 1.54) is 32.1 Å². The maximum absolute atomic E-state index is 12.8. The van der Waals surface area contributed by atoms with Gasteiger partial charge in [0.2, 0.25) is 0 Å². The summed E-state index contributed by atoms with van der Waals surface area (Å²) in [5.74, 6) is 0.420. The summed E-state index contributed by atoms with van der Waals surface area (Å²) in [5, 5.41) is 0. The number of hydrogen-bond donors (Lipinski definition) is 0.